The van der Waals surface area contributed by atoms with Gasteiger partial charge in [-0.15, -0.1) is 0 Å². The molecular weight excluding hydrogens is 343 g/mol. The molecule has 0 spiro atoms. The Balaban J connectivity index is 2.20. The molecule has 2 rings (SSSR count). The largest absolute Gasteiger partial charge is 0.368 e. The summed E-state index contributed by atoms with van der Waals surface area (Å²) in [5.74, 6) is -0.511. The molecule has 18 heavy (non-hydrogen) atoms. The van der Waals surface area contributed by atoms with E-state index in [-0.39, 0.29) is 5.91 Å². The minimum atomic E-state index is -0.453. The van der Waals surface area contributed by atoms with Gasteiger partial charge in [-0.25, -0.2) is 0 Å². The van der Waals surface area contributed by atoms with Crippen molar-refractivity contribution in [1.82, 2.24) is 4.90 Å². The molecule has 0 saturated carbocycles. The molecule has 0 aromatic heterocycles. The average molecular weight is 358 g/mol. The van der Waals surface area contributed by atoms with Crippen molar-refractivity contribution in [3.05, 3.63) is 33.4 Å². The highest BCUT2D eigenvalue weighted by Crippen LogP contribution is 2.20. The third-order valence-electron chi connectivity index (χ3n) is 3.18. The van der Waals surface area contributed by atoms with Gasteiger partial charge < -0.3 is 10.6 Å². The Morgan fingerprint density at radius 2 is 1.89 bits per heavy atom. The molecular formula is C13H15IN2O2. The molecule has 1 heterocycles. The second-order valence-corrected chi connectivity index (χ2v) is 5.67. The second-order valence-electron chi connectivity index (χ2n) is 4.42. The van der Waals surface area contributed by atoms with Crippen molar-refractivity contribution in [1.29, 1.82) is 0 Å². The predicted octanol–water partition coefficient (Wildman–Crippen LogP) is 1.77. The zero-order chi connectivity index (χ0) is 13.1. The highest BCUT2D eigenvalue weighted by atomic mass is 127. The van der Waals surface area contributed by atoms with Crippen molar-refractivity contribution in [2.75, 3.05) is 6.54 Å². The van der Waals surface area contributed by atoms with Crippen LogP contribution in [-0.2, 0) is 4.79 Å². The smallest absolute Gasteiger partial charge is 0.254 e. The summed E-state index contributed by atoms with van der Waals surface area (Å²) in [5, 5.41) is 0. The molecule has 4 nitrogen and oxygen atoms in total. The molecule has 0 aliphatic carbocycles. The van der Waals surface area contributed by atoms with Crippen LogP contribution in [0.4, 0.5) is 0 Å². The SMILES string of the molecule is NC(=O)C1CCCCN1C(=O)c1ccc(I)cc1. The lowest BCUT2D eigenvalue weighted by atomic mass is 10.0. The topological polar surface area (TPSA) is 63.4 Å². The van der Waals surface area contributed by atoms with E-state index in [1.807, 2.05) is 12.1 Å². The summed E-state index contributed by atoms with van der Waals surface area (Å²) in [6.45, 7) is 0.610. The maximum atomic E-state index is 12.3. The maximum absolute atomic E-state index is 12.3. The number of hydrogen-bond donors (Lipinski definition) is 1. The first-order valence-corrected chi connectivity index (χ1v) is 7.03. The molecule has 1 aliphatic heterocycles. The van der Waals surface area contributed by atoms with Crippen molar-refractivity contribution >= 4 is 34.4 Å². The van der Waals surface area contributed by atoms with Crippen LogP contribution in [0.5, 0.6) is 0 Å². The first kappa shape index (κ1) is 13.3. The van der Waals surface area contributed by atoms with Crippen molar-refractivity contribution in [3.63, 3.8) is 0 Å². The van der Waals surface area contributed by atoms with Gasteiger partial charge in [0, 0.05) is 15.7 Å². The summed E-state index contributed by atoms with van der Waals surface area (Å²) in [5.41, 5.74) is 5.98. The van der Waals surface area contributed by atoms with Gasteiger partial charge in [-0.1, -0.05) is 0 Å². The molecule has 5 heteroatoms. The number of amides is 2. The lowest BCUT2D eigenvalue weighted by molar-refractivity contribution is -0.123. The van der Waals surface area contributed by atoms with Gasteiger partial charge in [-0.2, -0.15) is 0 Å². The quantitative estimate of drug-likeness (QED) is 0.820. The van der Waals surface area contributed by atoms with E-state index < -0.39 is 11.9 Å². The molecule has 0 radical (unpaired) electrons. The molecule has 1 aromatic rings. The first-order valence-electron chi connectivity index (χ1n) is 5.95. The number of likely N-dealkylation sites (tertiary alicyclic amines) is 1. The summed E-state index contributed by atoms with van der Waals surface area (Å²) in [6, 6.07) is 6.90. The second kappa shape index (κ2) is 5.69. The Labute approximate surface area is 120 Å². The van der Waals surface area contributed by atoms with Gasteiger partial charge in [0.2, 0.25) is 5.91 Å². The predicted molar refractivity (Wildman–Crippen MR) is 77.0 cm³/mol. The van der Waals surface area contributed by atoms with Crippen LogP contribution in [0.3, 0.4) is 0 Å². The summed E-state index contributed by atoms with van der Waals surface area (Å²) in [7, 11) is 0. The summed E-state index contributed by atoms with van der Waals surface area (Å²) in [6.07, 6.45) is 2.55. The summed E-state index contributed by atoms with van der Waals surface area (Å²) < 4.78 is 1.08. The number of hydrogen-bond acceptors (Lipinski definition) is 2. The van der Waals surface area contributed by atoms with Crippen molar-refractivity contribution in [2.24, 2.45) is 5.73 Å². The molecule has 1 fully saturated rings. The third-order valence-corrected chi connectivity index (χ3v) is 3.90. The van der Waals surface area contributed by atoms with E-state index in [2.05, 4.69) is 22.6 Å². The van der Waals surface area contributed by atoms with Crippen LogP contribution < -0.4 is 5.73 Å². The van der Waals surface area contributed by atoms with Gasteiger partial charge in [0.05, 0.1) is 0 Å². The fourth-order valence-electron chi connectivity index (χ4n) is 2.23. The monoisotopic (exact) mass is 358 g/mol. The van der Waals surface area contributed by atoms with Gasteiger partial charge in [0.25, 0.3) is 5.91 Å². The normalized spacial score (nSPS) is 19.6. The number of primary amides is 1. The Morgan fingerprint density at radius 1 is 1.22 bits per heavy atom. The van der Waals surface area contributed by atoms with Gasteiger partial charge in [-0.05, 0) is 66.1 Å². The van der Waals surface area contributed by atoms with E-state index >= 15 is 0 Å². The van der Waals surface area contributed by atoms with E-state index in [1.54, 1.807) is 17.0 Å². The fraction of sp³-hybridized carbons (Fsp3) is 0.385. The average Bonchev–Trinajstić information content (AvgIpc) is 2.39. The maximum Gasteiger partial charge on any atom is 0.254 e. The van der Waals surface area contributed by atoms with E-state index in [1.165, 1.54) is 0 Å². The van der Waals surface area contributed by atoms with Gasteiger partial charge >= 0.3 is 0 Å². The number of piperidine rings is 1. The number of halogens is 1. The third kappa shape index (κ3) is 2.82. The Bertz CT molecular complexity index is 459. The number of carbonyl (C=O) groups excluding carboxylic acids is 2. The van der Waals surface area contributed by atoms with Crippen LogP contribution in [0, 0.1) is 3.57 Å². The van der Waals surface area contributed by atoms with Crippen LogP contribution in [0.2, 0.25) is 0 Å². The minimum Gasteiger partial charge on any atom is -0.368 e. The number of rotatable bonds is 2. The summed E-state index contributed by atoms with van der Waals surface area (Å²) in [4.78, 5) is 25.3. The molecule has 1 saturated heterocycles. The molecule has 1 unspecified atom stereocenters. The zero-order valence-electron chi connectivity index (χ0n) is 9.93. The van der Waals surface area contributed by atoms with Crippen LogP contribution in [0.1, 0.15) is 29.6 Å². The summed E-state index contributed by atoms with van der Waals surface area (Å²) >= 11 is 2.19. The molecule has 1 aromatic carbocycles. The van der Waals surface area contributed by atoms with Gasteiger partial charge in [-0.3, -0.25) is 9.59 Å². The molecule has 2 amide bonds. The molecule has 2 N–H and O–H groups in total. The van der Waals surface area contributed by atoms with Crippen LogP contribution in [0.25, 0.3) is 0 Å². The minimum absolute atomic E-state index is 0.102. The van der Waals surface area contributed by atoms with Gasteiger partial charge in [0.1, 0.15) is 6.04 Å². The van der Waals surface area contributed by atoms with E-state index in [9.17, 15) is 9.59 Å². The standard InChI is InChI=1S/C13H15IN2O2/c14-10-6-4-9(5-7-10)13(18)16-8-2-1-3-11(16)12(15)17/h4-7,11H,1-3,8H2,(H2,15,17). The Hall–Kier alpha value is -1.11. The van der Waals surface area contributed by atoms with Gasteiger partial charge in [0.15, 0.2) is 0 Å². The van der Waals surface area contributed by atoms with Crippen molar-refractivity contribution < 1.29 is 9.59 Å². The Kier molecular flexibility index (Phi) is 4.21. The number of benzene rings is 1. The lowest BCUT2D eigenvalue weighted by Crippen LogP contribution is -2.50. The molecule has 0 bridgehead atoms. The highest BCUT2D eigenvalue weighted by molar-refractivity contribution is 14.1. The molecule has 1 aliphatic rings. The highest BCUT2D eigenvalue weighted by Gasteiger charge is 2.30. The van der Waals surface area contributed by atoms with E-state index in [0.717, 1.165) is 16.4 Å². The molecule has 96 valence electrons. The Morgan fingerprint density at radius 3 is 2.50 bits per heavy atom. The zero-order valence-corrected chi connectivity index (χ0v) is 12.1. The first-order chi connectivity index (χ1) is 8.59. The van der Waals surface area contributed by atoms with E-state index in [0.29, 0.717) is 18.5 Å². The number of carbonyl (C=O) groups is 2. The lowest BCUT2D eigenvalue weighted by Gasteiger charge is -2.33. The van der Waals surface area contributed by atoms with E-state index in [4.69, 9.17) is 5.73 Å². The molecule has 1 atom stereocenters. The van der Waals surface area contributed by atoms with Crippen LogP contribution in [0.15, 0.2) is 24.3 Å². The fourth-order valence-corrected chi connectivity index (χ4v) is 2.59. The van der Waals surface area contributed by atoms with Crippen LogP contribution in [-0.4, -0.2) is 29.3 Å². The number of nitrogens with zero attached hydrogens (tertiary/aromatic N) is 1. The number of nitrogens with two attached hydrogens (primary N) is 1. The van der Waals surface area contributed by atoms with Crippen molar-refractivity contribution in [2.45, 2.75) is 25.3 Å². The van der Waals surface area contributed by atoms with Crippen molar-refractivity contribution in [3.8, 4) is 0 Å². The van der Waals surface area contributed by atoms with Crippen LogP contribution >= 0.6 is 22.6 Å².